The number of anilines is 1. The maximum atomic E-state index is 12.9. The van der Waals surface area contributed by atoms with Gasteiger partial charge in [-0.25, -0.2) is 4.39 Å². The molecule has 0 bridgehead atoms. The van der Waals surface area contributed by atoms with Gasteiger partial charge in [0.05, 0.1) is 14.2 Å². The number of amides is 1. The lowest BCUT2D eigenvalue weighted by Crippen LogP contribution is -2.12. The average Bonchev–Trinajstić information content (AvgIpc) is 3.12. The largest absolute Gasteiger partial charge is 0.493 e. The fraction of sp³-hybridized carbons (Fsp3) is 0.118. The highest BCUT2D eigenvalue weighted by atomic mass is 19.1. The van der Waals surface area contributed by atoms with Crippen molar-refractivity contribution in [2.45, 2.75) is 0 Å². The third kappa shape index (κ3) is 3.57. The number of carbonyl (C=O) groups excluding carboxylic acids is 1. The highest BCUT2D eigenvalue weighted by Gasteiger charge is 2.17. The predicted octanol–water partition coefficient (Wildman–Crippen LogP) is 3.15. The number of benzene rings is 2. The molecule has 1 amide bonds. The number of hydrogen-bond acceptors (Lipinski definition) is 6. The van der Waals surface area contributed by atoms with E-state index >= 15 is 0 Å². The summed E-state index contributed by atoms with van der Waals surface area (Å²) in [4.78, 5) is 12.2. The molecular formula is C17H14FN3O4. The van der Waals surface area contributed by atoms with Gasteiger partial charge in [-0.2, -0.15) is 0 Å². The van der Waals surface area contributed by atoms with Crippen LogP contribution < -0.4 is 14.8 Å². The Hall–Kier alpha value is -3.42. The number of aromatic nitrogens is 2. The van der Waals surface area contributed by atoms with E-state index in [2.05, 4.69) is 15.5 Å². The molecule has 128 valence electrons. The second-order valence-electron chi connectivity index (χ2n) is 4.94. The Morgan fingerprint density at radius 3 is 2.44 bits per heavy atom. The molecule has 3 aromatic rings. The Morgan fingerprint density at radius 1 is 1.04 bits per heavy atom. The van der Waals surface area contributed by atoms with Crippen molar-refractivity contribution >= 4 is 11.6 Å². The number of nitrogens with zero attached hydrogens (tertiary/aromatic N) is 2. The normalized spacial score (nSPS) is 10.4. The Balaban J connectivity index is 1.77. The number of carbonyl (C=O) groups is 1. The summed E-state index contributed by atoms with van der Waals surface area (Å²) in [5.74, 6) is -0.0379. The van der Waals surface area contributed by atoms with Crippen molar-refractivity contribution < 1.29 is 23.1 Å². The number of ether oxygens (including phenoxy) is 2. The minimum atomic E-state index is -0.576. The van der Waals surface area contributed by atoms with Gasteiger partial charge in [0, 0.05) is 17.3 Å². The quantitative estimate of drug-likeness (QED) is 0.766. The fourth-order valence-electron chi connectivity index (χ4n) is 2.12. The highest BCUT2D eigenvalue weighted by molar-refractivity contribution is 6.01. The van der Waals surface area contributed by atoms with Crippen LogP contribution in [0.1, 0.15) is 10.7 Å². The summed E-state index contributed by atoms with van der Waals surface area (Å²) in [7, 11) is 3.02. The van der Waals surface area contributed by atoms with E-state index in [0.717, 1.165) is 0 Å². The molecule has 0 saturated carbocycles. The van der Waals surface area contributed by atoms with Crippen molar-refractivity contribution in [1.82, 2.24) is 10.2 Å². The Bertz CT molecular complexity index is 893. The van der Waals surface area contributed by atoms with Gasteiger partial charge in [-0.05, 0) is 36.4 Å². The first-order valence-electron chi connectivity index (χ1n) is 7.23. The van der Waals surface area contributed by atoms with Crippen molar-refractivity contribution in [3.05, 3.63) is 54.2 Å². The van der Waals surface area contributed by atoms with Gasteiger partial charge in [0.15, 0.2) is 11.5 Å². The van der Waals surface area contributed by atoms with Gasteiger partial charge in [0.25, 0.3) is 0 Å². The van der Waals surface area contributed by atoms with Gasteiger partial charge in [-0.3, -0.25) is 4.79 Å². The summed E-state index contributed by atoms with van der Waals surface area (Å²) in [6, 6.07) is 10.4. The van der Waals surface area contributed by atoms with Crippen LogP contribution in [0.2, 0.25) is 0 Å². The second-order valence-corrected chi connectivity index (χ2v) is 4.94. The van der Waals surface area contributed by atoms with Crippen LogP contribution in [-0.4, -0.2) is 30.3 Å². The van der Waals surface area contributed by atoms with Gasteiger partial charge in [-0.15, -0.1) is 10.2 Å². The third-order valence-electron chi connectivity index (χ3n) is 3.35. The summed E-state index contributed by atoms with van der Waals surface area (Å²) in [6.07, 6.45) is 0. The van der Waals surface area contributed by atoms with Crippen molar-refractivity contribution in [3.8, 4) is 23.0 Å². The standard InChI is InChI=1S/C17H14FN3O4/c1-23-13-8-7-12(9-14(13)24-2)19-15(22)17-21-20-16(25-17)10-3-5-11(18)6-4-10/h3-9H,1-2H3,(H,19,22). The molecule has 1 N–H and O–H groups in total. The lowest BCUT2D eigenvalue weighted by Gasteiger charge is -2.09. The van der Waals surface area contributed by atoms with Gasteiger partial charge in [-0.1, -0.05) is 0 Å². The van der Waals surface area contributed by atoms with Crippen molar-refractivity contribution in [2.24, 2.45) is 0 Å². The summed E-state index contributed by atoms with van der Waals surface area (Å²) >= 11 is 0. The SMILES string of the molecule is COc1ccc(NC(=O)c2nnc(-c3ccc(F)cc3)o2)cc1OC. The van der Waals surface area contributed by atoms with Crippen molar-refractivity contribution in [3.63, 3.8) is 0 Å². The molecule has 1 heterocycles. The zero-order valence-electron chi connectivity index (χ0n) is 13.4. The van der Waals surface area contributed by atoms with Gasteiger partial charge < -0.3 is 19.2 Å². The van der Waals surface area contributed by atoms with Crippen LogP contribution in [0, 0.1) is 5.82 Å². The third-order valence-corrected chi connectivity index (χ3v) is 3.35. The zero-order valence-corrected chi connectivity index (χ0v) is 13.4. The van der Waals surface area contributed by atoms with E-state index in [9.17, 15) is 9.18 Å². The van der Waals surface area contributed by atoms with E-state index in [0.29, 0.717) is 22.7 Å². The summed E-state index contributed by atoms with van der Waals surface area (Å²) in [5.41, 5.74) is 0.989. The zero-order chi connectivity index (χ0) is 17.8. The maximum Gasteiger partial charge on any atom is 0.313 e. The minimum Gasteiger partial charge on any atom is -0.493 e. The fourth-order valence-corrected chi connectivity index (χ4v) is 2.12. The molecule has 3 rings (SSSR count). The smallest absolute Gasteiger partial charge is 0.313 e. The summed E-state index contributed by atoms with van der Waals surface area (Å²) in [6.45, 7) is 0. The summed E-state index contributed by atoms with van der Waals surface area (Å²) < 4.78 is 28.6. The molecule has 0 aliphatic carbocycles. The van der Waals surface area contributed by atoms with Crippen LogP contribution in [0.3, 0.4) is 0 Å². The van der Waals surface area contributed by atoms with Gasteiger partial charge >= 0.3 is 11.8 Å². The van der Waals surface area contributed by atoms with Crippen LogP contribution >= 0.6 is 0 Å². The Morgan fingerprint density at radius 2 is 1.76 bits per heavy atom. The van der Waals surface area contributed by atoms with Gasteiger partial charge in [0.1, 0.15) is 5.82 Å². The predicted molar refractivity (Wildman–Crippen MR) is 87.2 cm³/mol. The molecule has 8 heteroatoms. The van der Waals surface area contributed by atoms with E-state index < -0.39 is 5.91 Å². The first-order valence-corrected chi connectivity index (χ1v) is 7.23. The van der Waals surface area contributed by atoms with Crippen LogP contribution in [0.15, 0.2) is 46.9 Å². The lowest BCUT2D eigenvalue weighted by molar-refractivity contribution is 0.0991. The van der Waals surface area contributed by atoms with E-state index in [1.807, 2.05) is 0 Å². The van der Waals surface area contributed by atoms with E-state index in [1.54, 1.807) is 18.2 Å². The molecule has 0 unspecified atom stereocenters. The number of nitrogens with one attached hydrogen (secondary N) is 1. The monoisotopic (exact) mass is 343 g/mol. The van der Waals surface area contributed by atoms with Crippen LogP contribution in [0.4, 0.5) is 10.1 Å². The van der Waals surface area contributed by atoms with Crippen LogP contribution in [-0.2, 0) is 0 Å². The molecule has 1 aromatic heterocycles. The van der Waals surface area contributed by atoms with Crippen LogP contribution in [0.25, 0.3) is 11.5 Å². The molecule has 0 spiro atoms. The first kappa shape index (κ1) is 16.4. The molecule has 7 nitrogen and oxygen atoms in total. The number of halogens is 1. The lowest BCUT2D eigenvalue weighted by atomic mass is 10.2. The highest BCUT2D eigenvalue weighted by Crippen LogP contribution is 2.30. The Labute approximate surface area is 142 Å². The molecule has 25 heavy (non-hydrogen) atoms. The van der Waals surface area contributed by atoms with Crippen molar-refractivity contribution in [1.29, 1.82) is 0 Å². The minimum absolute atomic E-state index is 0.123. The average molecular weight is 343 g/mol. The van der Waals surface area contributed by atoms with E-state index in [-0.39, 0.29) is 17.6 Å². The molecule has 0 atom stereocenters. The Kier molecular flexibility index (Phi) is 4.60. The number of hydrogen-bond donors (Lipinski definition) is 1. The second kappa shape index (κ2) is 7.00. The molecule has 2 aromatic carbocycles. The molecule has 0 aliphatic heterocycles. The summed E-state index contributed by atoms with van der Waals surface area (Å²) in [5, 5.41) is 10.1. The van der Waals surface area contributed by atoms with Crippen LogP contribution in [0.5, 0.6) is 11.5 Å². The van der Waals surface area contributed by atoms with Gasteiger partial charge in [0.2, 0.25) is 5.89 Å². The number of rotatable bonds is 5. The van der Waals surface area contributed by atoms with E-state index in [4.69, 9.17) is 13.9 Å². The van der Waals surface area contributed by atoms with Crippen molar-refractivity contribution in [2.75, 3.05) is 19.5 Å². The molecule has 0 radical (unpaired) electrons. The molecule has 0 fully saturated rings. The first-order chi connectivity index (χ1) is 12.1. The maximum absolute atomic E-state index is 12.9. The molecular weight excluding hydrogens is 329 g/mol. The number of methoxy groups -OCH3 is 2. The van der Waals surface area contributed by atoms with E-state index in [1.165, 1.54) is 38.5 Å². The molecule has 0 saturated heterocycles. The molecule has 0 aliphatic rings. The topological polar surface area (TPSA) is 86.5 Å².